The Labute approximate surface area is 218 Å². The summed E-state index contributed by atoms with van der Waals surface area (Å²) >= 11 is 0. The van der Waals surface area contributed by atoms with Gasteiger partial charge in [-0.05, 0) is 26.3 Å². The average Bonchev–Trinajstić information content (AvgIpc) is 3.36. The van der Waals surface area contributed by atoms with Crippen LogP contribution in [0.2, 0.25) is 0 Å². The standard InChI is InChI=1S/C25H34F3N7O3/c1-32-10-12-33(13-11-32)22-29-14-18-20(31-22)30-17-35(21(18)37)16-24(38)8-9-34(15-23(24)5-2-3-6-23)19(36)4-7-25(26,27)28/h14,17,38H,2-13,15-16H2,1H3. The smallest absolute Gasteiger partial charge is 0.387 e. The van der Waals surface area contributed by atoms with Crippen molar-refractivity contribution in [3.05, 3.63) is 22.9 Å². The van der Waals surface area contributed by atoms with E-state index in [1.807, 2.05) is 0 Å². The van der Waals surface area contributed by atoms with Crippen LogP contribution in [0.5, 0.6) is 0 Å². The quantitative estimate of drug-likeness (QED) is 0.616. The zero-order valence-electron chi connectivity index (χ0n) is 21.6. The number of piperazine rings is 1. The maximum absolute atomic E-state index is 13.4. The maximum atomic E-state index is 13.4. The summed E-state index contributed by atoms with van der Waals surface area (Å²) in [5.74, 6) is -0.0187. The lowest BCUT2D eigenvalue weighted by molar-refractivity contribution is -0.166. The van der Waals surface area contributed by atoms with Gasteiger partial charge in [0.2, 0.25) is 11.9 Å². The number of rotatable bonds is 5. The van der Waals surface area contributed by atoms with Crippen molar-refractivity contribution in [3.63, 3.8) is 0 Å². The Bertz CT molecular complexity index is 1240. The van der Waals surface area contributed by atoms with E-state index in [9.17, 15) is 27.9 Å². The van der Waals surface area contributed by atoms with Gasteiger partial charge in [0.25, 0.3) is 5.56 Å². The minimum Gasteiger partial charge on any atom is -0.387 e. The van der Waals surface area contributed by atoms with E-state index in [2.05, 4.69) is 31.8 Å². The molecular formula is C25H34F3N7O3. The molecule has 1 spiro atoms. The van der Waals surface area contributed by atoms with Crippen LogP contribution in [0.15, 0.2) is 17.3 Å². The summed E-state index contributed by atoms with van der Waals surface area (Å²) in [6.07, 6.45) is -0.115. The van der Waals surface area contributed by atoms with Gasteiger partial charge in [0, 0.05) is 57.3 Å². The predicted octanol–water partition coefficient (Wildman–Crippen LogP) is 1.80. The fourth-order valence-corrected chi connectivity index (χ4v) is 6.22. The first-order valence-electron chi connectivity index (χ1n) is 13.2. The van der Waals surface area contributed by atoms with Crippen molar-refractivity contribution in [1.29, 1.82) is 0 Å². The van der Waals surface area contributed by atoms with Crippen LogP contribution in [0.3, 0.4) is 0 Å². The van der Waals surface area contributed by atoms with E-state index in [0.29, 0.717) is 24.4 Å². The molecule has 2 aromatic rings. The molecule has 0 aromatic carbocycles. The third-order valence-electron chi connectivity index (χ3n) is 8.60. The van der Waals surface area contributed by atoms with Crippen LogP contribution in [0.4, 0.5) is 19.1 Å². The van der Waals surface area contributed by atoms with E-state index in [4.69, 9.17) is 0 Å². The fraction of sp³-hybridized carbons (Fsp3) is 0.720. The number of amides is 1. The molecule has 3 aliphatic rings. The molecule has 1 N–H and O–H groups in total. The molecule has 1 unspecified atom stereocenters. The predicted molar refractivity (Wildman–Crippen MR) is 134 cm³/mol. The summed E-state index contributed by atoms with van der Waals surface area (Å²) in [7, 11) is 2.06. The van der Waals surface area contributed by atoms with E-state index in [0.717, 1.165) is 39.0 Å². The fourth-order valence-electron chi connectivity index (χ4n) is 6.22. The first-order valence-corrected chi connectivity index (χ1v) is 13.2. The molecule has 10 nitrogen and oxygen atoms in total. The topological polar surface area (TPSA) is 108 Å². The van der Waals surface area contributed by atoms with Crippen LogP contribution in [0.25, 0.3) is 11.0 Å². The molecule has 38 heavy (non-hydrogen) atoms. The lowest BCUT2D eigenvalue weighted by Gasteiger charge is -2.52. The van der Waals surface area contributed by atoms with E-state index in [-0.39, 0.29) is 37.0 Å². The molecule has 2 aromatic heterocycles. The van der Waals surface area contributed by atoms with Crippen molar-refractivity contribution in [1.82, 2.24) is 29.3 Å². The number of halogens is 3. The molecule has 0 radical (unpaired) electrons. The lowest BCUT2D eigenvalue weighted by Crippen LogP contribution is -2.62. The number of likely N-dealkylation sites (N-methyl/N-ethyl adjacent to an activating group) is 1. The number of hydrogen-bond donors (Lipinski definition) is 1. The minimum absolute atomic E-state index is 0.0143. The van der Waals surface area contributed by atoms with Crippen molar-refractivity contribution in [3.8, 4) is 0 Å². The normalized spacial score (nSPS) is 24.4. The van der Waals surface area contributed by atoms with E-state index in [1.165, 1.54) is 22.0 Å². The maximum Gasteiger partial charge on any atom is 0.389 e. The number of alkyl halides is 3. The molecule has 0 bridgehead atoms. The zero-order valence-corrected chi connectivity index (χ0v) is 21.6. The van der Waals surface area contributed by atoms with E-state index < -0.39 is 35.9 Å². The van der Waals surface area contributed by atoms with Gasteiger partial charge in [0.15, 0.2) is 5.65 Å². The largest absolute Gasteiger partial charge is 0.389 e. The highest BCUT2D eigenvalue weighted by Crippen LogP contribution is 2.51. The minimum atomic E-state index is -4.39. The van der Waals surface area contributed by atoms with Gasteiger partial charge in [0.1, 0.15) is 11.7 Å². The third kappa shape index (κ3) is 5.22. The molecule has 4 heterocycles. The molecule has 1 amide bonds. The van der Waals surface area contributed by atoms with Crippen molar-refractivity contribution in [2.24, 2.45) is 5.41 Å². The number of carbonyl (C=O) groups excluding carboxylic acids is 1. The van der Waals surface area contributed by atoms with Crippen LogP contribution < -0.4 is 10.5 Å². The second-order valence-corrected chi connectivity index (χ2v) is 11.1. The van der Waals surface area contributed by atoms with Crippen LogP contribution in [-0.2, 0) is 11.3 Å². The lowest BCUT2D eigenvalue weighted by atomic mass is 9.65. The van der Waals surface area contributed by atoms with Gasteiger partial charge in [-0.3, -0.25) is 14.2 Å². The number of fused-ring (bicyclic) bond motifs is 1. The first kappa shape index (κ1) is 26.8. The van der Waals surface area contributed by atoms with Crippen LogP contribution in [-0.4, -0.2) is 98.4 Å². The Hall–Kier alpha value is -2.80. The van der Waals surface area contributed by atoms with Crippen molar-refractivity contribution in [2.75, 3.05) is 51.2 Å². The van der Waals surface area contributed by atoms with Gasteiger partial charge in [-0.15, -0.1) is 0 Å². The summed E-state index contributed by atoms with van der Waals surface area (Å²) in [6.45, 7) is 3.66. The Morgan fingerprint density at radius 2 is 1.79 bits per heavy atom. The second kappa shape index (κ2) is 10.1. The Morgan fingerprint density at radius 1 is 1.08 bits per heavy atom. The number of nitrogens with zero attached hydrogens (tertiary/aromatic N) is 7. The Morgan fingerprint density at radius 3 is 2.47 bits per heavy atom. The van der Waals surface area contributed by atoms with Crippen LogP contribution >= 0.6 is 0 Å². The van der Waals surface area contributed by atoms with Gasteiger partial charge < -0.3 is 19.8 Å². The summed E-state index contributed by atoms with van der Waals surface area (Å²) in [5.41, 5.74) is -2.05. The van der Waals surface area contributed by atoms with Crippen molar-refractivity contribution >= 4 is 22.9 Å². The average molecular weight is 538 g/mol. The molecular weight excluding hydrogens is 503 g/mol. The molecule has 13 heteroatoms. The summed E-state index contributed by atoms with van der Waals surface area (Å²) < 4.78 is 39.4. The van der Waals surface area contributed by atoms with E-state index >= 15 is 0 Å². The number of aromatic nitrogens is 4. The molecule has 2 aliphatic heterocycles. The highest BCUT2D eigenvalue weighted by Gasteiger charge is 2.55. The number of anilines is 1. The molecule has 208 valence electrons. The van der Waals surface area contributed by atoms with Gasteiger partial charge in [-0.25, -0.2) is 9.97 Å². The summed E-state index contributed by atoms with van der Waals surface area (Å²) in [5, 5.41) is 12.2. The van der Waals surface area contributed by atoms with Crippen molar-refractivity contribution < 1.29 is 23.1 Å². The third-order valence-corrected chi connectivity index (χ3v) is 8.60. The van der Waals surface area contributed by atoms with Gasteiger partial charge in [0.05, 0.1) is 18.6 Å². The summed E-state index contributed by atoms with van der Waals surface area (Å²) in [4.78, 5) is 45.0. The number of likely N-dealkylation sites (tertiary alicyclic amines) is 1. The van der Waals surface area contributed by atoms with Crippen LogP contribution in [0.1, 0.15) is 44.9 Å². The number of piperidine rings is 1. The Balaban J connectivity index is 1.35. The highest BCUT2D eigenvalue weighted by molar-refractivity contribution is 5.76. The van der Waals surface area contributed by atoms with E-state index in [1.54, 1.807) is 0 Å². The number of carbonyl (C=O) groups is 1. The van der Waals surface area contributed by atoms with Crippen molar-refractivity contribution in [2.45, 2.75) is 63.3 Å². The molecule has 2 saturated heterocycles. The zero-order chi connectivity index (χ0) is 27.1. The SMILES string of the molecule is CN1CCN(c2ncc3c(=O)n(CC4(O)CCN(C(=O)CCC(F)(F)F)CC45CCCC5)cnc3n2)CC1. The van der Waals surface area contributed by atoms with Crippen LogP contribution in [0, 0.1) is 5.41 Å². The Kier molecular flexibility index (Phi) is 7.10. The molecule has 3 fully saturated rings. The highest BCUT2D eigenvalue weighted by atomic mass is 19.4. The monoisotopic (exact) mass is 537 g/mol. The molecule has 1 saturated carbocycles. The molecule has 5 rings (SSSR count). The van der Waals surface area contributed by atoms with Gasteiger partial charge in [-0.2, -0.15) is 18.2 Å². The van der Waals surface area contributed by atoms with Gasteiger partial charge in [-0.1, -0.05) is 12.8 Å². The molecule has 1 atom stereocenters. The first-order chi connectivity index (χ1) is 18.0. The summed E-state index contributed by atoms with van der Waals surface area (Å²) in [6, 6.07) is 0. The molecule has 1 aliphatic carbocycles. The second-order valence-electron chi connectivity index (χ2n) is 11.1. The number of aliphatic hydroxyl groups is 1. The van der Waals surface area contributed by atoms with Gasteiger partial charge >= 0.3 is 6.18 Å². The number of hydrogen-bond acceptors (Lipinski definition) is 8.